The number of thiazole rings is 1. The molecule has 0 saturated heterocycles. The summed E-state index contributed by atoms with van der Waals surface area (Å²) in [7, 11) is 0. The van der Waals surface area contributed by atoms with Gasteiger partial charge in [0.25, 0.3) is 0 Å². The van der Waals surface area contributed by atoms with Gasteiger partial charge < -0.3 is 15.7 Å². The predicted molar refractivity (Wildman–Crippen MR) is 142 cm³/mol. The Labute approximate surface area is 211 Å². The van der Waals surface area contributed by atoms with E-state index < -0.39 is 0 Å². The number of nitrogens with one attached hydrogen (secondary N) is 2. The van der Waals surface area contributed by atoms with Crippen molar-refractivity contribution in [1.82, 2.24) is 19.9 Å². The van der Waals surface area contributed by atoms with Gasteiger partial charge in [-0.05, 0) is 82.6 Å². The Morgan fingerprint density at radius 3 is 2.54 bits per heavy atom. The standard InChI is InChI=1S/C27H36N6OS/c1-14(2)23(34)17-5-8-19(13-17)30-24-21(25-31-22-16(4)28-12-9-20(22)35-25)15(3)29-26(32-24)33-27(10-11-27)18-6-7-18/h9,12,14,17-19,23,34H,5-8,10-11,13H2,1-4H3,(H2,29,30,32,33). The van der Waals surface area contributed by atoms with Gasteiger partial charge in [0.15, 0.2) is 0 Å². The summed E-state index contributed by atoms with van der Waals surface area (Å²) in [5.41, 5.74) is 4.03. The summed E-state index contributed by atoms with van der Waals surface area (Å²) in [5, 5.41) is 19.1. The Hall–Kier alpha value is -2.32. The fourth-order valence-corrected chi connectivity index (χ4v) is 7.01. The van der Waals surface area contributed by atoms with Crippen LogP contribution in [0, 0.1) is 31.6 Å². The van der Waals surface area contributed by atoms with Gasteiger partial charge in [0.1, 0.15) is 16.3 Å². The monoisotopic (exact) mass is 492 g/mol. The minimum Gasteiger partial charge on any atom is -0.393 e. The van der Waals surface area contributed by atoms with Crippen LogP contribution in [0.25, 0.3) is 20.8 Å². The number of hydrogen-bond donors (Lipinski definition) is 3. The van der Waals surface area contributed by atoms with Crippen molar-refractivity contribution >= 4 is 33.3 Å². The molecule has 8 heteroatoms. The molecule has 0 radical (unpaired) electrons. The minimum atomic E-state index is -0.251. The van der Waals surface area contributed by atoms with Crippen molar-refractivity contribution in [2.45, 2.75) is 90.3 Å². The van der Waals surface area contributed by atoms with Gasteiger partial charge in [0, 0.05) is 17.8 Å². The van der Waals surface area contributed by atoms with Crippen LogP contribution in [0.4, 0.5) is 11.8 Å². The first-order chi connectivity index (χ1) is 16.8. The zero-order valence-electron chi connectivity index (χ0n) is 21.1. The van der Waals surface area contributed by atoms with E-state index in [4.69, 9.17) is 15.0 Å². The summed E-state index contributed by atoms with van der Waals surface area (Å²) >= 11 is 1.67. The number of aliphatic hydroxyl groups is 1. The molecule has 3 heterocycles. The van der Waals surface area contributed by atoms with Crippen LogP contribution in [0.1, 0.15) is 70.2 Å². The van der Waals surface area contributed by atoms with Crippen molar-refractivity contribution < 1.29 is 5.11 Å². The second-order valence-corrected chi connectivity index (χ2v) is 12.4. The molecule has 7 nitrogen and oxygen atoms in total. The highest BCUT2D eigenvalue weighted by molar-refractivity contribution is 7.21. The third kappa shape index (κ3) is 4.40. The van der Waals surface area contributed by atoms with Gasteiger partial charge in [-0.1, -0.05) is 13.8 Å². The maximum absolute atomic E-state index is 10.7. The van der Waals surface area contributed by atoms with E-state index in [1.807, 2.05) is 19.2 Å². The van der Waals surface area contributed by atoms with E-state index in [1.165, 1.54) is 25.7 Å². The number of aliphatic hydroxyl groups excluding tert-OH is 1. The van der Waals surface area contributed by atoms with Crippen molar-refractivity contribution in [1.29, 1.82) is 0 Å². The first-order valence-electron chi connectivity index (χ1n) is 13.2. The zero-order chi connectivity index (χ0) is 24.3. The Morgan fingerprint density at radius 2 is 1.86 bits per heavy atom. The van der Waals surface area contributed by atoms with E-state index in [-0.39, 0.29) is 23.6 Å². The topological polar surface area (TPSA) is 95.9 Å². The van der Waals surface area contributed by atoms with E-state index in [1.54, 1.807) is 11.3 Å². The van der Waals surface area contributed by atoms with Crippen molar-refractivity contribution in [2.24, 2.45) is 17.8 Å². The molecule has 3 atom stereocenters. The highest BCUT2D eigenvalue weighted by Gasteiger charge is 2.54. The molecule has 35 heavy (non-hydrogen) atoms. The van der Waals surface area contributed by atoms with Crippen molar-refractivity contribution in [3.05, 3.63) is 23.7 Å². The molecule has 3 N–H and O–H groups in total. The van der Waals surface area contributed by atoms with Crippen LogP contribution >= 0.6 is 11.3 Å². The number of pyridine rings is 1. The summed E-state index contributed by atoms with van der Waals surface area (Å²) in [6, 6.07) is 2.31. The lowest BCUT2D eigenvalue weighted by molar-refractivity contribution is 0.0669. The van der Waals surface area contributed by atoms with E-state index >= 15 is 0 Å². The van der Waals surface area contributed by atoms with E-state index in [9.17, 15) is 5.11 Å². The molecular weight excluding hydrogens is 456 g/mol. The van der Waals surface area contributed by atoms with Crippen LogP contribution < -0.4 is 10.6 Å². The van der Waals surface area contributed by atoms with Crippen LogP contribution in [-0.4, -0.2) is 42.7 Å². The number of anilines is 2. The summed E-state index contributed by atoms with van der Waals surface area (Å²) in [5.74, 6) is 2.98. The number of aromatic nitrogens is 4. The Bertz CT molecular complexity index is 1250. The predicted octanol–water partition coefficient (Wildman–Crippen LogP) is 5.72. The first kappa shape index (κ1) is 23.1. The quantitative estimate of drug-likeness (QED) is 0.370. The first-order valence-corrected chi connectivity index (χ1v) is 14.0. The molecule has 3 saturated carbocycles. The molecule has 0 spiro atoms. The molecule has 6 rings (SSSR count). The average Bonchev–Trinajstić information content (AvgIpc) is 3.72. The molecule has 0 aliphatic heterocycles. The SMILES string of the molecule is Cc1nc(NC2(C3CC3)CC2)nc(NC2CCC(C(O)C(C)C)C2)c1-c1nc2c(C)nccc2s1. The van der Waals surface area contributed by atoms with Crippen molar-refractivity contribution in [3.8, 4) is 10.6 Å². The minimum absolute atomic E-state index is 0.212. The van der Waals surface area contributed by atoms with Gasteiger partial charge in [-0.15, -0.1) is 11.3 Å². The molecular formula is C27H36N6OS. The molecule has 0 bridgehead atoms. The maximum atomic E-state index is 10.7. The lowest BCUT2D eigenvalue weighted by Gasteiger charge is -2.23. The molecule has 3 aliphatic rings. The summed E-state index contributed by atoms with van der Waals surface area (Å²) in [4.78, 5) is 19.4. The van der Waals surface area contributed by atoms with Crippen LogP contribution in [0.15, 0.2) is 12.3 Å². The van der Waals surface area contributed by atoms with Gasteiger partial charge in [0.2, 0.25) is 5.95 Å². The molecule has 3 aliphatic carbocycles. The van der Waals surface area contributed by atoms with Crippen LogP contribution in [0.5, 0.6) is 0 Å². The van der Waals surface area contributed by atoms with Gasteiger partial charge >= 0.3 is 0 Å². The number of hydrogen-bond acceptors (Lipinski definition) is 8. The summed E-state index contributed by atoms with van der Waals surface area (Å²) < 4.78 is 1.13. The lowest BCUT2D eigenvalue weighted by atomic mass is 9.92. The second kappa shape index (κ2) is 8.66. The molecule has 3 aromatic rings. The normalized spacial score (nSPS) is 24.2. The van der Waals surface area contributed by atoms with Crippen LogP contribution in [0.3, 0.4) is 0 Å². The van der Waals surface area contributed by atoms with Gasteiger partial charge in [-0.25, -0.2) is 9.97 Å². The highest BCUT2D eigenvalue weighted by Crippen LogP contribution is 2.55. The molecule has 0 aromatic carbocycles. The Kier molecular flexibility index (Phi) is 5.72. The fourth-order valence-electron chi connectivity index (χ4n) is 5.90. The molecule has 0 amide bonds. The van der Waals surface area contributed by atoms with Crippen LogP contribution in [-0.2, 0) is 0 Å². The van der Waals surface area contributed by atoms with E-state index in [0.717, 1.165) is 69.1 Å². The second-order valence-electron chi connectivity index (χ2n) is 11.3. The summed E-state index contributed by atoms with van der Waals surface area (Å²) in [6.45, 7) is 8.29. The molecule has 3 aromatic heterocycles. The van der Waals surface area contributed by atoms with Gasteiger partial charge in [0.05, 0.1) is 27.8 Å². The molecule has 3 unspecified atom stereocenters. The number of aryl methyl sites for hydroxylation is 2. The van der Waals surface area contributed by atoms with Crippen LogP contribution in [0.2, 0.25) is 0 Å². The number of fused-ring (bicyclic) bond motifs is 1. The number of rotatable bonds is 8. The summed E-state index contributed by atoms with van der Waals surface area (Å²) in [6.07, 6.45) is 9.69. The third-order valence-electron chi connectivity index (χ3n) is 8.28. The number of nitrogens with zero attached hydrogens (tertiary/aromatic N) is 4. The van der Waals surface area contributed by atoms with Gasteiger partial charge in [-0.2, -0.15) is 4.98 Å². The Balaban J connectivity index is 1.35. The van der Waals surface area contributed by atoms with Crippen molar-refractivity contribution in [3.63, 3.8) is 0 Å². The largest absolute Gasteiger partial charge is 0.393 e. The third-order valence-corrected chi connectivity index (χ3v) is 9.32. The molecule has 3 fully saturated rings. The lowest BCUT2D eigenvalue weighted by Crippen LogP contribution is -2.27. The van der Waals surface area contributed by atoms with Gasteiger partial charge in [-0.3, -0.25) is 4.98 Å². The Morgan fingerprint density at radius 1 is 1.06 bits per heavy atom. The average molecular weight is 493 g/mol. The fraction of sp³-hybridized carbons (Fsp3) is 0.630. The van der Waals surface area contributed by atoms with E-state index in [0.29, 0.717) is 5.92 Å². The molecule has 186 valence electrons. The smallest absolute Gasteiger partial charge is 0.225 e. The van der Waals surface area contributed by atoms with Crippen molar-refractivity contribution in [2.75, 3.05) is 10.6 Å². The maximum Gasteiger partial charge on any atom is 0.225 e. The van der Waals surface area contributed by atoms with E-state index in [2.05, 4.69) is 36.4 Å². The highest BCUT2D eigenvalue weighted by atomic mass is 32.1. The zero-order valence-corrected chi connectivity index (χ0v) is 22.0.